The van der Waals surface area contributed by atoms with Gasteiger partial charge in [0.25, 0.3) is 0 Å². The van der Waals surface area contributed by atoms with Crippen molar-refractivity contribution in [2.24, 2.45) is 5.73 Å². The van der Waals surface area contributed by atoms with Gasteiger partial charge in [-0.15, -0.1) is 10.2 Å². The van der Waals surface area contributed by atoms with E-state index < -0.39 is 5.91 Å². The van der Waals surface area contributed by atoms with E-state index >= 15 is 0 Å². The van der Waals surface area contributed by atoms with Gasteiger partial charge in [-0.05, 0) is 30.7 Å². The van der Waals surface area contributed by atoms with Gasteiger partial charge in [-0.25, -0.2) is 0 Å². The van der Waals surface area contributed by atoms with E-state index in [1.54, 1.807) is 24.3 Å². The Morgan fingerprint density at radius 2 is 2.00 bits per heavy atom. The lowest BCUT2D eigenvalue weighted by atomic mass is 10.2. The summed E-state index contributed by atoms with van der Waals surface area (Å²) in [5.74, 6) is -0.410. The second-order valence-electron chi connectivity index (χ2n) is 4.93. The lowest BCUT2D eigenvalue weighted by Crippen LogP contribution is -2.14. The number of carbonyl (C=O) groups excluding carboxylic acids is 2. The average Bonchev–Trinajstić information content (AvgIpc) is 3.02. The van der Waals surface area contributed by atoms with Gasteiger partial charge in [-0.3, -0.25) is 9.59 Å². The predicted octanol–water partition coefficient (Wildman–Crippen LogP) is 2.58. The Labute approximate surface area is 148 Å². The van der Waals surface area contributed by atoms with E-state index in [-0.39, 0.29) is 11.7 Å². The number of amides is 2. The van der Waals surface area contributed by atoms with Crippen LogP contribution in [0.1, 0.15) is 30.1 Å². The number of nitrogens with zero attached hydrogens (tertiary/aromatic N) is 2. The molecular formula is C15H19N5O2S2. The van der Waals surface area contributed by atoms with Gasteiger partial charge in [0, 0.05) is 17.8 Å². The Balaban J connectivity index is 1.77. The Kier molecular flexibility index (Phi) is 7.01. The summed E-state index contributed by atoms with van der Waals surface area (Å²) in [4.78, 5) is 22.9. The van der Waals surface area contributed by atoms with Crippen LogP contribution in [0, 0.1) is 0 Å². The Morgan fingerprint density at radius 3 is 2.67 bits per heavy atom. The van der Waals surface area contributed by atoms with Crippen LogP contribution in [0.25, 0.3) is 0 Å². The number of primary amides is 1. The topological polar surface area (TPSA) is 110 Å². The van der Waals surface area contributed by atoms with Crippen molar-refractivity contribution in [2.45, 2.75) is 24.1 Å². The van der Waals surface area contributed by atoms with Crippen molar-refractivity contribution in [3.05, 3.63) is 29.8 Å². The Hall–Kier alpha value is -2.13. The van der Waals surface area contributed by atoms with E-state index in [1.807, 2.05) is 0 Å². The molecule has 2 aromatic rings. The fourth-order valence-corrected chi connectivity index (χ4v) is 3.33. The standard InChI is InChI=1S/C15H19N5O2S2/c1-2-3-8-17-14-19-20-15(24-14)23-9-12(21)18-11-6-4-10(5-7-11)13(16)22/h4-7H,2-3,8-9H2,1H3,(H2,16,22)(H,17,19)(H,18,21). The number of rotatable bonds is 9. The summed E-state index contributed by atoms with van der Waals surface area (Å²) < 4.78 is 0.744. The van der Waals surface area contributed by atoms with Crippen molar-refractivity contribution >= 4 is 45.7 Å². The second kappa shape index (κ2) is 9.24. The fraction of sp³-hybridized carbons (Fsp3) is 0.333. The summed E-state index contributed by atoms with van der Waals surface area (Å²) in [6.07, 6.45) is 2.20. The summed E-state index contributed by atoms with van der Waals surface area (Å²) in [7, 11) is 0. The largest absolute Gasteiger partial charge is 0.366 e. The molecule has 1 aromatic heterocycles. The van der Waals surface area contributed by atoms with Gasteiger partial charge in [0.05, 0.1) is 5.75 Å². The van der Waals surface area contributed by atoms with Crippen molar-refractivity contribution in [3.63, 3.8) is 0 Å². The molecule has 0 spiro atoms. The van der Waals surface area contributed by atoms with Crippen molar-refractivity contribution < 1.29 is 9.59 Å². The van der Waals surface area contributed by atoms with Gasteiger partial charge in [0.15, 0.2) is 4.34 Å². The summed E-state index contributed by atoms with van der Waals surface area (Å²) in [6, 6.07) is 6.43. The number of hydrogen-bond donors (Lipinski definition) is 3. The monoisotopic (exact) mass is 365 g/mol. The minimum absolute atomic E-state index is 0.150. The first-order valence-electron chi connectivity index (χ1n) is 7.48. The summed E-state index contributed by atoms with van der Waals surface area (Å²) in [5, 5.41) is 14.8. The van der Waals surface area contributed by atoms with Gasteiger partial charge in [-0.1, -0.05) is 36.4 Å². The third-order valence-corrected chi connectivity index (χ3v) is 5.01. The number of carbonyl (C=O) groups is 2. The molecule has 24 heavy (non-hydrogen) atoms. The minimum Gasteiger partial charge on any atom is -0.366 e. The summed E-state index contributed by atoms with van der Waals surface area (Å²) >= 11 is 2.77. The highest BCUT2D eigenvalue weighted by Crippen LogP contribution is 2.25. The molecule has 0 unspecified atom stereocenters. The molecule has 2 rings (SSSR count). The molecule has 0 saturated carbocycles. The Bertz CT molecular complexity index is 687. The van der Waals surface area contributed by atoms with Crippen LogP contribution in [0.5, 0.6) is 0 Å². The first kappa shape index (κ1) is 18.2. The third kappa shape index (κ3) is 5.82. The van der Waals surface area contributed by atoms with Crippen LogP contribution >= 0.6 is 23.1 Å². The molecule has 1 aromatic carbocycles. The molecule has 128 valence electrons. The highest BCUT2D eigenvalue weighted by Gasteiger charge is 2.09. The number of hydrogen-bond acceptors (Lipinski definition) is 7. The maximum Gasteiger partial charge on any atom is 0.248 e. The zero-order valence-electron chi connectivity index (χ0n) is 13.2. The summed E-state index contributed by atoms with van der Waals surface area (Å²) in [5.41, 5.74) is 6.19. The fourth-order valence-electron chi connectivity index (χ4n) is 1.75. The van der Waals surface area contributed by atoms with Crippen LogP contribution in [-0.4, -0.2) is 34.3 Å². The van der Waals surface area contributed by atoms with Crippen LogP contribution in [0.15, 0.2) is 28.6 Å². The molecule has 4 N–H and O–H groups in total. The van der Waals surface area contributed by atoms with Crippen molar-refractivity contribution in [3.8, 4) is 0 Å². The molecule has 0 fully saturated rings. The average molecular weight is 365 g/mol. The van der Waals surface area contributed by atoms with E-state index in [9.17, 15) is 9.59 Å². The van der Waals surface area contributed by atoms with E-state index in [4.69, 9.17) is 5.73 Å². The quantitative estimate of drug-likeness (QED) is 0.465. The third-order valence-electron chi connectivity index (χ3n) is 2.99. The Morgan fingerprint density at radius 1 is 1.25 bits per heavy atom. The SMILES string of the molecule is CCCCNc1nnc(SCC(=O)Nc2ccc(C(N)=O)cc2)s1. The van der Waals surface area contributed by atoms with Crippen LogP contribution in [0.2, 0.25) is 0 Å². The first-order valence-corrected chi connectivity index (χ1v) is 9.28. The zero-order valence-corrected chi connectivity index (χ0v) is 14.9. The van der Waals surface area contributed by atoms with Gasteiger partial charge in [0.2, 0.25) is 16.9 Å². The molecule has 7 nitrogen and oxygen atoms in total. The highest BCUT2D eigenvalue weighted by molar-refractivity contribution is 8.01. The number of aromatic nitrogens is 2. The molecule has 0 atom stereocenters. The molecule has 0 aliphatic rings. The maximum absolute atomic E-state index is 11.9. The van der Waals surface area contributed by atoms with Gasteiger partial charge in [-0.2, -0.15) is 0 Å². The van der Waals surface area contributed by atoms with Gasteiger partial charge >= 0.3 is 0 Å². The lowest BCUT2D eigenvalue weighted by molar-refractivity contribution is -0.113. The number of nitrogens with two attached hydrogens (primary N) is 1. The van der Waals surface area contributed by atoms with Crippen LogP contribution < -0.4 is 16.4 Å². The molecule has 0 bridgehead atoms. The van der Waals surface area contributed by atoms with Gasteiger partial charge < -0.3 is 16.4 Å². The number of nitrogens with one attached hydrogen (secondary N) is 2. The van der Waals surface area contributed by atoms with Crippen LogP contribution in [0.3, 0.4) is 0 Å². The zero-order chi connectivity index (χ0) is 17.4. The minimum atomic E-state index is -0.497. The predicted molar refractivity (Wildman–Crippen MR) is 97.6 cm³/mol. The number of unbranched alkanes of at least 4 members (excludes halogenated alkanes) is 1. The normalized spacial score (nSPS) is 10.4. The number of thioether (sulfide) groups is 1. The molecule has 2 amide bonds. The van der Waals surface area contributed by atoms with E-state index in [2.05, 4.69) is 27.8 Å². The summed E-state index contributed by atoms with van der Waals surface area (Å²) in [6.45, 7) is 3.00. The van der Waals surface area contributed by atoms with Crippen molar-refractivity contribution in [1.82, 2.24) is 10.2 Å². The van der Waals surface area contributed by atoms with E-state index in [0.29, 0.717) is 11.3 Å². The van der Waals surface area contributed by atoms with Crippen molar-refractivity contribution in [2.75, 3.05) is 22.9 Å². The molecular weight excluding hydrogens is 346 g/mol. The molecule has 0 aliphatic carbocycles. The molecule has 0 radical (unpaired) electrons. The molecule has 1 heterocycles. The maximum atomic E-state index is 11.9. The molecule has 0 aliphatic heterocycles. The number of anilines is 2. The second-order valence-corrected chi connectivity index (χ2v) is 7.13. The molecule has 0 saturated heterocycles. The van der Waals surface area contributed by atoms with E-state index in [1.165, 1.54) is 23.1 Å². The van der Waals surface area contributed by atoms with Gasteiger partial charge in [0.1, 0.15) is 0 Å². The van der Waals surface area contributed by atoms with E-state index in [0.717, 1.165) is 28.9 Å². The van der Waals surface area contributed by atoms with Crippen LogP contribution in [0.4, 0.5) is 10.8 Å². The lowest BCUT2D eigenvalue weighted by Gasteiger charge is -2.04. The smallest absolute Gasteiger partial charge is 0.248 e. The number of benzene rings is 1. The van der Waals surface area contributed by atoms with Crippen LogP contribution in [-0.2, 0) is 4.79 Å². The molecule has 9 heteroatoms. The first-order chi connectivity index (χ1) is 11.6. The highest BCUT2D eigenvalue weighted by atomic mass is 32.2. The van der Waals surface area contributed by atoms with Crippen molar-refractivity contribution in [1.29, 1.82) is 0 Å².